The number of amides is 2. The molecule has 1 unspecified atom stereocenters. The lowest BCUT2D eigenvalue weighted by molar-refractivity contribution is -0.142. The van der Waals surface area contributed by atoms with Gasteiger partial charge >= 0.3 is 0 Å². The number of halogens is 3. The second-order valence-corrected chi connectivity index (χ2v) is 9.09. The summed E-state index contributed by atoms with van der Waals surface area (Å²) in [6.45, 7) is -0.0461. The van der Waals surface area contributed by atoms with E-state index in [4.69, 9.17) is 27.9 Å². The number of benzene rings is 3. The van der Waals surface area contributed by atoms with Crippen LogP contribution in [0.2, 0.25) is 10.0 Å². The molecule has 1 N–H and O–H groups in total. The van der Waals surface area contributed by atoms with E-state index < -0.39 is 6.04 Å². The first-order valence-electron chi connectivity index (χ1n) is 10.2. The third-order valence-electron chi connectivity index (χ3n) is 5.03. The minimum Gasteiger partial charge on any atom is -0.482 e. The second-order valence-electron chi connectivity index (χ2n) is 7.33. The summed E-state index contributed by atoms with van der Waals surface area (Å²) >= 11 is 15.6. The standard InChI is InChI=1S/C25H23BrCl2N2O3/c1-29-25(32)22(13-17-5-3-2-4-6-17)30(15-18-7-10-20(27)11-8-18)24(31)16-33-23-12-9-19(26)14-21(23)28/h2-12,14,22H,13,15-16H2,1H3,(H,29,32). The van der Waals surface area contributed by atoms with Gasteiger partial charge in [-0.2, -0.15) is 0 Å². The number of nitrogens with zero attached hydrogens (tertiary/aromatic N) is 1. The lowest BCUT2D eigenvalue weighted by atomic mass is 10.0. The smallest absolute Gasteiger partial charge is 0.261 e. The summed E-state index contributed by atoms with van der Waals surface area (Å²) in [5, 5.41) is 3.66. The number of likely N-dealkylation sites (N-methyl/N-ethyl adjacent to an activating group) is 1. The highest BCUT2D eigenvalue weighted by atomic mass is 79.9. The van der Waals surface area contributed by atoms with Gasteiger partial charge in [-0.3, -0.25) is 9.59 Å². The fourth-order valence-corrected chi connectivity index (χ4v) is 4.18. The largest absolute Gasteiger partial charge is 0.482 e. The van der Waals surface area contributed by atoms with Crippen molar-refractivity contribution in [1.29, 1.82) is 0 Å². The Labute approximate surface area is 211 Å². The van der Waals surface area contributed by atoms with E-state index >= 15 is 0 Å². The average Bonchev–Trinajstić information content (AvgIpc) is 2.82. The maximum absolute atomic E-state index is 13.4. The molecule has 0 aliphatic rings. The molecule has 33 heavy (non-hydrogen) atoms. The maximum atomic E-state index is 13.4. The molecule has 0 aromatic heterocycles. The molecule has 3 rings (SSSR count). The summed E-state index contributed by atoms with van der Waals surface area (Å²) in [6.07, 6.45) is 0.360. The molecule has 0 saturated heterocycles. The molecule has 0 aliphatic heterocycles. The Hall–Kier alpha value is -2.54. The topological polar surface area (TPSA) is 58.6 Å². The normalized spacial score (nSPS) is 11.5. The van der Waals surface area contributed by atoms with Crippen molar-refractivity contribution in [3.05, 3.63) is 98.4 Å². The van der Waals surface area contributed by atoms with Crippen LogP contribution in [-0.4, -0.2) is 36.4 Å². The Bertz CT molecular complexity index is 1090. The number of rotatable bonds is 9. The first-order chi connectivity index (χ1) is 15.9. The molecule has 0 spiro atoms. The number of hydrogen-bond acceptors (Lipinski definition) is 3. The number of hydrogen-bond donors (Lipinski definition) is 1. The predicted molar refractivity (Wildman–Crippen MR) is 135 cm³/mol. The summed E-state index contributed by atoms with van der Waals surface area (Å²) in [4.78, 5) is 27.8. The highest BCUT2D eigenvalue weighted by Crippen LogP contribution is 2.28. The molecule has 0 radical (unpaired) electrons. The minimum absolute atomic E-state index is 0.221. The Balaban J connectivity index is 1.87. The molecular weight excluding hydrogens is 527 g/mol. The van der Waals surface area contributed by atoms with Gasteiger partial charge in [-0.25, -0.2) is 0 Å². The van der Waals surface area contributed by atoms with Crippen LogP contribution in [0.15, 0.2) is 77.3 Å². The van der Waals surface area contributed by atoms with Crippen molar-refractivity contribution in [2.24, 2.45) is 0 Å². The Morgan fingerprint density at radius 2 is 1.70 bits per heavy atom. The van der Waals surface area contributed by atoms with Gasteiger partial charge in [0.2, 0.25) is 5.91 Å². The van der Waals surface area contributed by atoms with E-state index in [1.807, 2.05) is 42.5 Å². The van der Waals surface area contributed by atoms with Crippen LogP contribution in [-0.2, 0) is 22.6 Å². The van der Waals surface area contributed by atoms with Gasteiger partial charge in [0.1, 0.15) is 11.8 Å². The number of carbonyl (C=O) groups excluding carboxylic acids is 2. The lowest BCUT2D eigenvalue weighted by Crippen LogP contribution is -2.51. The molecule has 3 aromatic rings. The molecule has 172 valence electrons. The van der Waals surface area contributed by atoms with Crippen LogP contribution in [0.25, 0.3) is 0 Å². The average molecular weight is 550 g/mol. The number of ether oxygens (including phenoxy) is 1. The maximum Gasteiger partial charge on any atom is 0.261 e. The van der Waals surface area contributed by atoms with Crippen molar-refractivity contribution >= 4 is 50.9 Å². The third kappa shape index (κ3) is 7.22. The zero-order valence-electron chi connectivity index (χ0n) is 17.9. The molecule has 0 saturated carbocycles. The molecule has 8 heteroatoms. The van der Waals surface area contributed by atoms with Gasteiger partial charge in [-0.15, -0.1) is 0 Å². The molecule has 2 amide bonds. The van der Waals surface area contributed by atoms with Crippen molar-refractivity contribution in [2.45, 2.75) is 19.0 Å². The molecule has 0 bridgehead atoms. The van der Waals surface area contributed by atoms with Gasteiger partial charge in [0.15, 0.2) is 6.61 Å². The summed E-state index contributed by atoms with van der Waals surface area (Å²) in [7, 11) is 1.56. The quantitative estimate of drug-likeness (QED) is 0.382. The zero-order chi connectivity index (χ0) is 23.8. The van der Waals surface area contributed by atoms with E-state index in [0.29, 0.717) is 22.2 Å². The van der Waals surface area contributed by atoms with Crippen molar-refractivity contribution in [3.8, 4) is 5.75 Å². The molecule has 3 aromatic carbocycles. The van der Waals surface area contributed by atoms with Gasteiger partial charge in [0.25, 0.3) is 5.91 Å². The van der Waals surface area contributed by atoms with Crippen molar-refractivity contribution in [3.63, 3.8) is 0 Å². The number of carbonyl (C=O) groups is 2. The molecule has 5 nitrogen and oxygen atoms in total. The van der Waals surface area contributed by atoms with Gasteiger partial charge in [-0.1, -0.05) is 81.6 Å². The third-order valence-corrected chi connectivity index (χ3v) is 6.07. The number of nitrogens with one attached hydrogen (secondary N) is 1. The van der Waals surface area contributed by atoms with Crippen molar-refractivity contribution in [2.75, 3.05) is 13.7 Å². The molecular formula is C25H23BrCl2N2O3. The summed E-state index contributed by atoms with van der Waals surface area (Å²) in [5.74, 6) is -0.212. The molecule has 0 fully saturated rings. The van der Waals surface area contributed by atoms with Crippen LogP contribution in [0.1, 0.15) is 11.1 Å². The Kier molecular flexibility index (Phi) is 9.18. The van der Waals surface area contributed by atoms with Crippen LogP contribution in [0.4, 0.5) is 0 Å². The van der Waals surface area contributed by atoms with E-state index in [0.717, 1.165) is 15.6 Å². The van der Waals surface area contributed by atoms with Gasteiger partial charge < -0.3 is 15.0 Å². The van der Waals surface area contributed by atoms with E-state index in [-0.39, 0.29) is 25.0 Å². The van der Waals surface area contributed by atoms with Gasteiger partial charge in [0.05, 0.1) is 5.02 Å². The van der Waals surface area contributed by atoms with Crippen LogP contribution in [0.3, 0.4) is 0 Å². The summed E-state index contributed by atoms with van der Waals surface area (Å²) in [6, 6.07) is 21.2. The van der Waals surface area contributed by atoms with E-state index in [9.17, 15) is 9.59 Å². The Morgan fingerprint density at radius 3 is 2.33 bits per heavy atom. The first kappa shape index (κ1) is 25.1. The highest BCUT2D eigenvalue weighted by Gasteiger charge is 2.30. The predicted octanol–water partition coefficient (Wildman–Crippen LogP) is 5.52. The molecule has 1 atom stereocenters. The second kappa shape index (κ2) is 12.1. The van der Waals surface area contributed by atoms with Gasteiger partial charge in [0, 0.05) is 29.5 Å². The Morgan fingerprint density at radius 1 is 1.00 bits per heavy atom. The monoisotopic (exact) mass is 548 g/mol. The summed E-state index contributed by atoms with van der Waals surface area (Å²) < 4.78 is 6.51. The van der Waals surface area contributed by atoms with E-state index in [1.165, 1.54) is 4.90 Å². The van der Waals surface area contributed by atoms with Gasteiger partial charge in [-0.05, 0) is 41.5 Å². The van der Waals surface area contributed by atoms with Crippen LogP contribution in [0, 0.1) is 0 Å². The fourth-order valence-electron chi connectivity index (χ4n) is 3.32. The highest BCUT2D eigenvalue weighted by molar-refractivity contribution is 9.10. The van der Waals surface area contributed by atoms with Crippen molar-refractivity contribution in [1.82, 2.24) is 10.2 Å². The first-order valence-corrected chi connectivity index (χ1v) is 11.8. The molecule has 0 heterocycles. The van der Waals surface area contributed by atoms with E-state index in [2.05, 4.69) is 21.2 Å². The van der Waals surface area contributed by atoms with Crippen LogP contribution < -0.4 is 10.1 Å². The fraction of sp³-hybridized carbons (Fsp3) is 0.200. The SMILES string of the molecule is CNC(=O)C(Cc1ccccc1)N(Cc1ccc(Cl)cc1)C(=O)COc1ccc(Br)cc1Cl. The van der Waals surface area contributed by atoms with Crippen LogP contribution >= 0.6 is 39.1 Å². The van der Waals surface area contributed by atoms with Crippen molar-refractivity contribution < 1.29 is 14.3 Å². The minimum atomic E-state index is -0.732. The molecule has 0 aliphatic carbocycles. The van der Waals surface area contributed by atoms with Crippen LogP contribution in [0.5, 0.6) is 5.75 Å². The lowest BCUT2D eigenvalue weighted by Gasteiger charge is -2.31. The van der Waals surface area contributed by atoms with E-state index in [1.54, 1.807) is 37.4 Å². The zero-order valence-corrected chi connectivity index (χ0v) is 21.0. The summed E-state index contributed by atoms with van der Waals surface area (Å²) in [5.41, 5.74) is 1.79.